The largest absolute Gasteiger partial charge is 0.497 e. The third-order valence-corrected chi connectivity index (χ3v) is 6.17. The maximum absolute atomic E-state index is 13.5. The number of benzene rings is 2. The van der Waals surface area contributed by atoms with Gasteiger partial charge in [-0.3, -0.25) is 13.9 Å². The van der Waals surface area contributed by atoms with Gasteiger partial charge in [-0.25, -0.2) is 8.42 Å². The fourth-order valence-corrected chi connectivity index (χ4v) is 4.33. The summed E-state index contributed by atoms with van der Waals surface area (Å²) in [5.74, 6) is -0.131. The average molecular weight is 476 g/mol. The molecular formula is C24H33N3O5S. The van der Waals surface area contributed by atoms with Gasteiger partial charge in [0.2, 0.25) is 21.8 Å². The number of nitrogens with zero attached hydrogens (tertiary/aromatic N) is 2. The predicted molar refractivity (Wildman–Crippen MR) is 130 cm³/mol. The topological polar surface area (TPSA) is 96.0 Å². The number of hydrogen-bond acceptors (Lipinski definition) is 5. The fraction of sp³-hybridized carbons (Fsp3) is 0.417. The molecule has 180 valence electrons. The van der Waals surface area contributed by atoms with E-state index in [1.165, 1.54) is 4.90 Å². The molecule has 0 aliphatic rings. The monoisotopic (exact) mass is 475 g/mol. The minimum Gasteiger partial charge on any atom is -0.497 e. The number of anilines is 1. The van der Waals surface area contributed by atoms with Gasteiger partial charge in [-0.15, -0.1) is 0 Å². The number of amides is 2. The van der Waals surface area contributed by atoms with E-state index in [2.05, 4.69) is 5.32 Å². The minimum atomic E-state index is -3.74. The Balaban J connectivity index is 2.43. The van der Waals surface area contributed by atoms with Crippen LogP contribution < -0.4 is 14.4 Å². The molecule has 2 aromatic carbocycles. The summed E-state index contributed by atoms with van der Waals surface area (Å²) in [6, 6.07) is 14.8. The zero-order valence-electron chi connectivity index (χ0n) is 19.8. The van der Waals surface area contributed by atoms with Crippen LogP contribution in [0.2, 0.25) is 0 Å². The normalized spacial score (nSPS) is 12.2. The summed E-state index contributed by atoms with van der Waals surface area (Å²) < 4.78 is 31.4. The maximum atomic E-state index is 13.5. The summed E-state index contributed by atoms with van der Waals surface area (Å²) in [6.07, 6.45) is 1.43. The van der Waals surface area contributed by atoms with Crippen LogP contribution in [0.15, 0.2) is 54.6 Å². The lowest BCUT2D eigenvalue weighted by Crippen LogP contribution is -2.53. The Hall–Kier alpha value is -3.07. The number of methoxy groups -OCH3 is 1. The van der Waals surface area contributed by atoms with E-state index in [1.54, 1.807) is 55.6 Å². The second-order valence-electron chi connectivity index (χ2n) is 8.07. The Bertz CT molecular complexity index is 1040. The van der Waals surface area contributed by atoms with Crippen LogP contribution in [0.25, 0.3) is 0 Å². The Morgan fingerprint density at radius 2 is 1.73 bits per heavy atom. The van der Waals surface area contributed by atoms with Crippen molar-refractivity contribution in [2.24, 2.45) is 0 Å². The highest BCUT2D eigenvalue weighted by atomic mass is 32.2. The Kier molecular flexibility index (Phi) is 9.28. The van der Waals surface area contributed by atoms with E-state index in [4.69, 9.17) is 4.74 Å². The highest BCUT2D eigenvalue weighted by molar-refractivity contribution is 7.92. The molecule has 0 fully saturated rings. The van der Waals surface area contributed by atoms with Crippen LogP contribution >= 0.6 is 0 Å². The SMILES string of the molecule is CCC(C(=O)NC(C)C)N(Cc1cccc(OC)c1)C(=O)CN(c1ccccc1)S(C)(=O)=O. The van der Waals surface area contributed by atoms with Gasteiger partial charge in [0, 0.05) is 12.6 Å². The summed E-state index contributed by atoms with van der Waals surface area (Å²) in [6.45, 7) is 5.23. The molecule has 0 saturated heterocycles. The predicted octanol–water partition coefficient (Wildman–Crippen LogP) is 2.79. The molecule has 0 aromatic heterocycles. The number of ether oxygens (including phenoxy) is 1. The van der Waals surface area contributed by atoms with E-state index in [1.807, 2.05) is 26.8 Å². The van der Waals surface area contributed by atoms with Crippen molar-refractivity contribution in [1.29, 1.82) is 0 Å². The number of carbonyl (C=O) groups excluding carboxylic acids is 2. The molecule has 2 rings (SSSR count). The molecule has 0 radical (unpaired) electrons. The van der Waals surface area contributed by atoms with Crippen LogP contribution in [0.1, 0.15) is 32.8 Å². The molecule has 8 nitrogen and oxygen atoms in total. The molecule has 33 heavy (non-hydrogen) atoms. The van der Waals surface area contributed by atoms with Gasteiger partial charge in [0.1, 0.15) is 18.3 Å². The van der Waals surface area contributed by atoms with Crippen molar-refractivity contribution in [3.05, 3.63) is 60.2 Å². The van der Waals surface area contributed by atoms with Crippen LogP contribution in [0.5, 0.6) is 5.75 Å². The highest BCUT2D eigenvalue weighted by Crippen LogP contribution is 2.20. The van der Waals surface area contributed by atoms with Crippen molar-refractivity contribution >= 4 is 27.5 Å². The molecule has 2 aromatic rings. The van der Waals surface area contributed by atoms with Crippen molar-refractivity contribution in [3.63, 3.8) is 0 Å². The number of rotatable bonds is 11. The molecule has 1 unspecified atom stereocenters. The van der Waals surface area contributed by atoms with E-state index in [0.29, 0.717) is 17.9 Å². The van der Waals surface area contributed by atoms with Gasteiger partial charge in [-0.1, -0.05) is 37.3 Å². The van der Waals surface area contributed by atoms with Gasteiger partial charge in [-0.05, 0) is 50.1 Å². The lowest BCUT2D eigenvalue weighted by molar-refractivity contribution is -0.140. The Morgan fingerprint density at radius 1 is 1.06 bits per heavy atom. The number of nitrogens with one attached hydrogen (secondary N) is 1. The fourth-order valence-electron chi connectivity index (χ4n) is 3.48. The smallest absolute Gasteiger partial charge is 0.244 e. The summed E-state index contributed by atoms with van der Waals surface area (Å²) in [7, 11) is -2.18. The van der Waals surface area contributed by atoms with Crippen LogP contribution in [-0.2, 0) is 26.2 Å². The average Bonchev–Trinajstić information content (AvgIpc) is 2.76. The van der Waals surface area contributed by atoms with E-state index in [-0.39, 0.29) is 18.5 Å². The van der Waals surface area contributed by atoms with Crippen molar-refractivity contribution in [1.82, 2.24) is 10.2 Å². The van der Waals surface area contributed by atoms with Crippen LogP contribution in [-0.4, -0.2) is 57.1 Å². The second kappa shape index (κ2) is 11.7. The first-order valence-corrected chi connectivity index (χ1v) is 12.7. The number of para-hydroxylation sites is 1. The van der Waals surface area contributed by atoms with Gasteiger partial charge in [0.05, 0.1) is 19.1 Å². The summed E-state index contributed by atoms with van der Waals surface area (Å²) in [5, 5.41) is 2.86. The molecule has 0 heterocycles. The first-order chi connectivity index (χ1) is 15.6. The minimum absolute atomic E-state index is 0.0999. The number of hydrogen-bond donors (Lipinski definition) is 1. The highest BCUT2D eigenvalue weighted by Gasteiger charge is 2.31. The third-order valence-electron chi connectivity index (χ3n) is 5.03. The van der Waals surface area contributed by atoms with Crippen molar-refractivity contribution in [2.45, 2.75) is 45.8 Å². The summed E-state index contributed by atoms with van der Waals surface area (Å²) >= 11 is 0. The molecule has 0 aliphatic heterocycles. The number of carbonyl (C=O) groups is 2. The van der Waals surface area contributed by atoms with Gasteiger partial charge < -0.3 is 15.0 Å². The van der Waals surface area contributed by atoms with Gasteiger partial charge in [0.15, 0.2) is 0 Å². The molecule has 1 atom stereocenters. The van der Waals surface area contributed by atoms with Crippen molar-refractivity contribution in [3.8, 4) is 5.75 Å². The molecule has 0 saturated carbocycles. The van der Waals surface area contributed by atoms with Crippen LogP contribution in [0.4, 0.5) is 5.69 Å². The third kappa shape index (κ3) is 7.49. The summed E-state index contributed by atoms with van der Waals surface area (Å²) in [5.41, 5.74) is 1.15. The molecular weight excluding hydrogens is 442 g/mol. The zero-order valence-corrected chi connectivity index (χ0v) is 20.6. The van der Waals surface area contributed by atoms with Gasteiger partial charge in [-0.2, -0.15) is 0 Å². The Morgan fingerprint density at radius 3 is 2.27 bits per heavy atom. The van der Waals surface area contributed by atoms with E-state index >= 15 is 0 Å². The molecule has 0 bridgehead atoms. The molecule has 0 spiro atoms. The lowest BCUT2D eigenvalue weighted by atomic mass is 10.1. The van der Waals surface area contributed by atoms with Gasteiger partial charge >= 0.3 is 0 Å². The second-order valence-corrected chi connectivity index (χ2v) is 9.97. The first-order valence-electron chi connectivity index (χ1n) is 10.8. The summed E-state index contributed by atoms with van der Waals surface area (Å²) in [4.78, 5) is 27.9. The quantitative estimate of drug-likeness (QED) is 0.539. The molecule has 9 heteroatoms. The maximum Gasteiger partial charge on any atom is 0.244 e. The van der Waals surface area contributed by atoms with E-state index in [0.717, 1.165) is 16.1 Å². The van der Waals surface area contributed by atoms with Crippen molar-refractivity contribution in [2.75, 3.05) is 24.2 Å². The van der Waals surface area contributed by atoms with Gasteiger partial charge in [0.25, 0.3) is 0 Å². The molecule has 1 N–H and O–H groups in total. The van der Waals surface area contributed by atoms with Crippen molar-refractivity contribution < 1.29 is 22.7 Å². The lowest BCUT2D eigenvalue weighted by Gasteiger charge is -2.33. The van der Waals surface area contributed by atoms with Crippen LogP contribution in [0.3, 0.4) is 0 Å². The number of sulfonamides is 1. The van der Waals surface area contributed by atoms with E-state index in [9.17, 15) is 18.0 Å². The standard InChI is InChI=1S/C24H33N3O5S/c1-6-22(24(29)25-18(2)3)26(16-19-11-10-14-21(15-19)32-4)23(28)17-27(33(5,30)31)20-12-8-7-9-13-20/h7-15,18,22H,6,16-17H2,1-5H3,(H,25,29). The first kappa shape index (κ1) is 26.2. The zero-order chi connectivity index (χ0) is 24.6. The van der Waals surface area contributed by atoms with E-state index < -0.39 is 28.5 Å². The Labute approximate surface area is 196 Å². The molecule has 0 aliphatic carbocycles. The van der Waals surface area contributed by atoms with Crippen LogP contribution in [0, 0.1) is 0 Å². The molecule has 2 amide bonds.